The van der Waals surface area contributed by atoms with E-state index in [0.29, 0.717) is 12.0 Å². The molecule has 0 aliphatic heterocycles. The molecule has 1 aliphatic rings. The van der Waals surface area contributed by atoms with Crippen LogP contribution in [0.2, 0.25) is 0 Å². The van der Waals surface area contributed by atoms with Gasteiger partial charge in [-0.15, -0.1) is 5.10 Å². The summed E-state index contributed by atoms with van der Waals surface area (Å²) in [5, 5.41) is 11.3. The van der Waals surface area contributed by atoms with Crippen LogP contribution in [0.3, 0.4) is 0 Å². The van der Waals surface area contributed by atoms with E-state index in [0.717, 1.165) is 18.8 Å². The molecule has 1 saturated carbocycles. The SMILES string of the molecule is CCCCN(C)c1nncc(NC2CC2)n1. The van der Waals surface area contributed by atoms with Crippen molar-refractivity contribution in [2.45, 2.75) is 38.6 Å². The summed E-state index contributed by atoms with van der Waals surface area (Å²) < 4.78 is 0. The Morgan fingerprint density at radius 3 is 3.00 bits per heavy atom. The minimum Gasteiger partial charge on any atom is -0.366 e. The van der Waals surface area contributed by atoms with Gasteiger partial charge in [-0.2, -0.15) is 10.1 Å². The van der Waals surface area contributed by atoms with Crippen molar-refractivity contribution < 1.29 is 0 Å². The first-order chi connectivity index (χ1) is 7.79. The van der Waals surface area contributed by atoms with E-state index >= 15 is 0 Å². The van der Waals surface area contributed by atoms with E-state index in [4.69, 9.17) is 0 Å². The number of nitrogens with one attached hydrogen (secondary N) is 1. The van der Waals surface area contributed by atoms with Gasteiger partial charge in [-0.25, -0.2) is 0 Å². The highest BCUT2D eigenvalue weighted by molar-refractivity contribution is 5.40. The molecule has 0 bridgehead atoms. The molecule has 2 rings (SSSR count). The number of hydrogen-bond donors (Lipinski definition) is 1. The van der Waals surface area contributed by atoms with Gasteiger partial charge in [0.15, 0.2) is 5.82 Å². The molecule has 0 amide bonds. The van der Waals surface area contributed by atoms with Gasteiger partial charge in [0.25, 0.3) is 0 Å². The molecule has 0 aromatic carbocycles. The van der Waals surface area contributed by atoms with Gasteiger partial charge in [-0.3, -0.25) is 0 Å². The minimum absolute atomic E-state index is 0.602. The Morgan fingerprint density at radius 2 is 2.31 bits per heavy atom. The first-order valence-electron chi connectivity index (χ1n) is 5.97. The van der Waals surface area contributed by atoms with Crippen molar-refractivity contribution in [2.75, 3.05) is 23.8 Å². The Morgan fingerprint density at radius 1 is 1.50 bits per heavy atom. The molecular weight excluding hydrogens is 202 g/mol. The van der Waals surface area contributed by atoms with Crippen LogP contribution in [0.4, 0.5) is 11.8 Å². The van der Waals surface area contributed by atoms with E-state index in [9.17, 15) is 0 Å². The number of rotatable bonds is 6. The maximum atomic E-state index is 4.45. The van der Waals surface area contributed by atoms with E-state index in [-0.39, 0.29) is 0 Å². The van der Waals surface area contributed by atoms with Crippen molar-refractivity contribution in [3.63, 3.8) is 0 Å². The molecule has 16 heavy (non-hydrogen) atoms. The molecule has 1 N–H and O–H groups in total. The second kappa shape index (κ2) is 5.09. The third-order valence-corrected chi connectivity index (χ3v) is 2.67. The largest absolute Gasteiger partial charge is 0.366 e. The zero-order valence-corrected chi connectivity index (χ0v) is 9.98. The summed E-state index contributed by atoms with van der Waals surface area (Å²) in [4.78, 5) is 6.50. The molecule has 0 radical (unpaired) electrons. The van der Waals surface area contributed by atoms with Crippen molar-refractivity contribution in [3.8, 4) is 0 Å². The van der Waals surface area contributed by atoms with Crippen LogP contribution in [0.5, 0.6) is 0 Å². The lowest BCUT2D eigenvalue weighted by atomic mass is 10.3. The average Bonchev–Trinajstić information content (AvgIpc) is 3.10. The molecule has 0 saturated heterocycles. The Bertz CT molecular complexity index is 337. The Balaban J connectivity index is 1.96. The summed E-state index contributed by atoms with van der Waals surface area (Å²) in [5.74, 6) is 1.55. The summed E-state index contributed by atoms with van der Waals surface area (Å²) >= 11 is 0. The smallest absolute Gasteiger partial charge is 0.247 e. The van der Waals surface area contributed by atoms with Crippen LogP contribution < -0.4 is 10.2 Å². The summed E-state index contributed by atoms with van der Waals surface area (Å²) in [6.45, 7) is 3.16. The number of aromatic nitrogens is 3. The molecule has 0 unspecified atom stereocenters. The molecule has 0 atom stereocenters. The van der Waals surface area contributed by atoms with Crippen molar-refractivity contribution in [3.05, 3.63) is 6.20 Å². The number of unbranched alkanes of at least 4 members (excludes halogenated alkanes) is 1. The Kier molecular flexibility index (Phi) is 3.54. The lowest BCUT2D eigenvalue weighted by Crippen LogP contribution is -2.22. The van der Waals surface area contributed by atoms with Crippen LogP contribution in [0.25, 0.3) is 0 Å². The first kappa shape index (κ1) is 11.1. The quantitative estimate of drug-likeness (QED) is 0.792. The van der Waals surface area contributed by atoms with Crippen LogP contribution in [0.15, 0.2) is 6.20 Å². The zero-order valence-electron chi connectivity index (χ0n) is 9.98. The van der Waals surface area contributed by atoms with Crippen LogP contribution >= 0.6 is 0 Å². The molecule has 0 spiro atoms. The standard InChI is InChI=1S/C11H19N5/c1-3-4-7-16(2)11-14-10(8-12-15-11)13-9-5-6-9/h8-9H,3-7H2,1-2H3,(H,13,14,15). The molecule has 88 valence electrons. The molecule has 1 aliphatic carbocycles. The van der Waals surface area contributed by atoms with Crippen molar-refractivity contribution in [1.29, 1.82) is 0 Å². The molecule has 1 fully saturated rings. The van der Waals surface area contributed by atoms with Crippen LogP contribution in [0.1, 0.15) is 32.6 Å². The fourth-order valence-electron chi connectivity index (χ4n) is 1.46. The zero-order chi connectivity index (χ0) is 11.4. The van der Waals surface area contributed by atoms with Gasteiger partial charge < -0.3 is 10.2 Å². The highest BCUT2D eigenvalue weighted by Gasteiger charge is 2.21. The Hall–Kier alpha value is -1.39. The lowest BCUT2D eigenvalue weighted by Gasteiger charge is -2.16. The molecule has 5 nitrogen and oxygen atoms in total. The van der Waals surface area contributed by atoms with Gasteiger partial charge in [0.1, 0.15) is 0 Å². The second-order valence-corrected chi connectivity index (χ2v) is 4.34. The second-order valence-electron chi connectivity index (χ2n) is 4.34. The Labute approximate surface area is 96.3 Å². The van der Waals surface area contributed by atoms with Gasteiger partial charge >= 0.3 is 0 Å². The number of nitrogens with zero attached hydrogens (tertiary/aromatic N) is 4. The van der Waals surface area contributed by atoms with Gasteiger partial charge in [-0.1, -0.05) is 13.3 Å². The monoisotopic (exact) mass is 221 g/mol. The van der Waals surface area contributed by atoms with E-state index in [1.165, 1.54) is 19.3 Å². The van der Waals surface area contributed by atoms with Crippen molar-refractivity contribution >= 4 is 11.8 Å². The third kappa shape index (κ3) is 3.05. The highest BCUT2D eigenvalue weighted by Crippen LogP contribution is 2.23. The summed E-state index contributed by atoms with van der Waals surface area (Å²) in [6, 6.07) is 0.602. The normalized spacial score (nSPS) is 14.9. The first-order valence-corrected chi connectivity index (χ1v) is 5.97. The van der Waals surface area contributed by atoms with Gasteiger partial charge in [0.05, 0.1) is 6.20 Å². The predicted molar refractivity (Wildman–Crippen MR) is 64.6 cm³/mol. The fourth-order valence-corrected chi connectivity index (χ4v) is 1.46. The molecule has 1 aromatic rings. The fraction of sp³-hybridized carbons (Fsp3) is 0.727. The summed E-state index contributed by atoms with van der Waals surface area (Å²) in [6.07, 6.45) is 6.50. The minimum atomic E-state index is 0.602. The average molecular weight is 221 g/mol. The maximum absolute atomic E-state index is 4.45. The van der Waals surface area contributed by atoms with Gasteiger partial charge in [0, 0.05) is 19.6 Å². The summed E-state index contributed by atoms with van der Waals surface area (Å²) in [7, 11) is 2.01. The third-order valence-electron chi connectivity index (χ3n) is 2.67. The van der Waals surface area contributed by atoms with Crippen LogP contribution in [-0.2, 0) is 0 Å². The lowest BCUT2D eigenvalue weighted by molar-refractivity contribution is 0.740. The van der Waals surface area contributed by atoms with E-state index in [2.05, 4.69) is 32.3 Å². The number of anilines is 2. The highest BCUT2D eigenvalue weighted by atomic mass is 15.3. The van der Waals surface area contributed by atoms with Crippen LogP contribution in [-0.4, -0.2) is 34.8 Å². The van der Waals surface area contributed by atoms with E-state index in [1.807, 2.05) is 7.05 Å². The van der Waals surface area contributed by atoms with Gasteiger partial charge in [-0.05, 0) is 19.3 Å². The van der Waals surface area contributed by atoms with Crippen molar-refractivity contribution in [1.82, 2.24) is 15.2 Å². The van der Waals surface area contributed by atoms with E-state index in [1.54, 1.807) is 6.20 Å². The van der Waals surface area contributed by atoms with Gasteiger partial charge in [0.2, 0.25) is 5.95 Å². The molecule has 1 heterocycles. The molecular formula is C11H19N5. The molecule has 5 heteroatoms. The van der Waals surface area contributed by atoms with E-state index < -0.39 is 0 Å². The number of hydrogen-bond acceptors (Lipinski definition) is 5. The summed E-state index contributed by atoms with van der Waals surface area (Å²) in [5.41, 5.74) is 0. The van der Waals surface area contributed by atoms with Crippen LogP contribution in [0, 0.1) is 0 Å². The molecule has 1 aromatic heterocycles. The van der Waals surface area contributed by atoms with Crippen molar-refractivity contribution in [2.24, 2.45) is 0 Å². The maximum Gasteiger partial charge on any atom is 0.247 e. The topological polar surface area (TPSA) is 53.9 Å². The predicted octanol–water partition coefficient (Wildman–Crippen LogP) is 1.68.